The molecular weight excluding hydrogens is 273 g/mol. The molecule has 1 aromatic rings. The van der Waals surface area contributed by atoms with Gasteiger partial charge in [0.15, 0.2) is 11.6 Å². The number of halogens is 2. The highest BCUT2D eigenvalue weighted by Gasteiger charge is 2.34. The zero-order valence-corrected chi connectivity index (χ0v) is 11.3. The quantitative estimate of drug-likeness (QED) is 0.680. The van der Waals surface area contributed by atoms with Gasteiger partial charge in [0.25, 0.3) is 0 Å². The summed E-state index contributed by atoms with van der Waals surface area (Å²) in [5.41, 5.74) is 0. The Kier molecular flexibility index (Phi) is 4.52. The number of rotatable bonds is 4. The largest absolute Gasteiger partial charge is 0.466 e. The van der Waals surface area contributed by atoms with Crippen LogP contribution < -0.4 is 5.32 Å². The molecule has 1 aliphatic carbocycles. The fraction of sp³-hybridized carbons (Fsp3) is 0.583. The third-order valence-electron chi connectivity index (χ3n) is 3.14. The van der Waals surface area contributed by atoms with Crippen LogP contribution in [0.5, 0.6) is 0 Å². The van der Waals surface area contributed by atoms with E-state index in [0.29, 0.717) is 6.61 Å². The molecule has 19 heavy (non-hydrogen) atoms. The van der Waals surface area contributed by atoms with Crippen LogP contribution in [0.25, 0.3) is 0 Å². The molecule has 1 unspecified atom stereocenters. The molecule has 2 atom stereocenters. The van der Waals surface area contributed by atoms with Gasteiger partial charge in [-0.2, -0.15) is 4.98 Å². The predicted octanol–water partition coefficient (Wildman–Crippen LogP) is 2.41. The Morgan fingerprint density at radius 2 is 2.42 bits per heavy atom. The standard InChI is InChI=1S/C12H15ClFN3O2/c1-2-19-11(18)7-4-3-5-9(7)16-10-8(14)6-15-12(13)17-10/h6-7,9H,2-5H2,1H3,(H,15,16,17)/t7?,9-/m1/s1. The van der Waals surface area contributed by atoms with Crippen LogP contribution >= 0.6 is 11.6 Å². The van der Waals surface area contributed by atoms with Crippen molar-refractivity contribution in [2.45, 2.75) is 32.2 Å². The second-order valence-corrected chi connectivity index (χ2v) is 4.71. The highest BCUT2D eigenvalue weighted by atomic mass is 35.5. The Labute approximate surface area is 115 Å². The molecule has 1 fully saturated rings. The molecule has 0 bridgehead atoms. The van der Waals surface area contributed by atoms with E-state index in [9.17, 15) is 9.18 Å². The van der Waals surface area contributed by atoms with Crippen LogP contribution in [0, 0.1) is 11.7 Å². The molecule has 5 nitrogen and oxygen atoms in total. The SMILES string of the molecule is CCOC(=O)C1CCC[C@H]1Nc1nc(Cl)ncc1F. The fourth-order valence-electron chi connectivity index (χ4n) is 2.29. The lowest BCUT2D eigenvalue weighted by Crippen LogP contribution is -2.32. The third-order valence-corrected chi connectivity index (χ3v) is 3.32. The van der Waals surface area contributed by atoms with Gasteiger partial charge >= 0.3 is 5.97 Å². The summed E-state index contributed by atoms with van der Waals surface area (Å²) in [6, 6.07) is -0.181. The lowest BCUT2D eigenvalue weighted by atomic mass is 10.0. The van der Waals surface area contributed by atoms with Gasteiger partial charge in [-0.25, -0.2) is 9.37 Å². The first-order valence-corrected chi connectivity index (χ1v) is 6.60. The van der Waals surface area contributed by atoms with Crippen molar-refractivity contribution < 1.29 is 13.9 Å². The number of carbonyl (C=O) groups is 1. The second kappa shape index (κ2) is 6.14. The first-order valence-electron chi connectivity index (χ1n) is 6.23. The van der Waals surface area contributed by atoms with Crippen LogP contribution in [-0.4, -0.2) is 28.6 Å². The van der Waals surface area contributed by atoms with Gasteiger partial charge < -0.3 is 10.1 Å². The van der Waals surface area contributed by atoms with E-state index in [1.807, 2.05) is 0 Å². The molecule has 104 valence electrons. The van der Waals surface area contributed by atoms with Crippen molar-refractivity contribution in [3.05, 3.63) is 17.3 Å². The van der Waals surface area contributed by atoms with Gasteiger partial charge in [0.2, 0.25) is 5.28 Å². The summed E-state index contributed by atoms with van der Waals surface area (Å²) in [4.78, 5) is 19.1. The van der Waals surface area contributed by atoms with Gasteiger partial charge in [-0.1, -0.05) is 6.42 Å². The van der Waals surface area contributed by atoms with Crippen LogP contribution in [0.3, 0.4) is 0 Å². The maximum atomic E-state index is 13.5. The molecule has 2 rings (SSSR count). The number of hydrogen-bond acceptors (Lipinski definition) is 5. The Bertz CT molecular complexity index is 472. The summed E-state index contributed by atoms with van der Waals surface area (Å²) in [5.74, 6) is -1.08. The van der Waals surface area contributed by atoms with Gasteiger partial charge in [-0.15, -0.1) is 0 Å². The number of hydrogen-bond donors (Lipinski definition) is 1. The minimum atomic E-state index is -0.584. The zero-order valence-electron chi connectivity index (χ0n) is 10.5. The normalized spacial score (nSPS) is 22.3. The molecule has 0 aromatic carbocycles. The van der Waals surface area contributed by atoms with E-state index in [2.05, 4.69) is 15.3 Å². The summed E-state index contributed by atoms with van der Waals surface area (Å²) in [6.45, 7) is 2.11. The van der Waals surface area contributed by atoms with Gasteiger partial charge in [0.1, 0.15) is 0 Å². The number of nitrogens with zero attached hydrogens (tertiary/aromatic N) is 2. The number of ether oxygens (including phenoxy) is 1. The van der Waals surface area contributed by atoms with Crippen LogP contribution in [0.4, 0.5) is 10.2 Å². The van der Waals surface area contributed by atoms with Crippen LogP contribution in [0.2, 0.25) is 5.28 Å². The number of nitrogens with one attached hydrogen (secondary N) is 1. The van der Waals surface area contributed by atoms with Gasteiger partial charge in [-0.3, -0.25) is 4.79 Å². The van der Waals surface area contributed by atoms with Crippen LogP contribution in [-0.2, 0) is 9.53 Å². The number of anilines is 1. The van der Waals surface area contributed by atoms with Gasteiger partial charge in [0, 0.05) is 6.04 Å². The average molecular weight is 288 g/mol. The molecule has 0 saturated heterocycles. The second-order valence-electron chi connectivity index (χ2n) is 4.38. The number of carbonyl (C=O) groups excluding carboxylic acids is 1. The molecular formula is C12H15ClFN3O2. The monoisotopic (exact) mass is 287 g/mol. The molecule has 0 spiro atoms. The van der Waals surface area contributed by atoms with E-state index in [0.717, 1.165) is 25.5 Å². The van der Waals surface area contributed by atoms with Crippen LogP contribution in [0.15, 0.2) is 6.20 Å². The molecule has 0 amide bonds. The Morgan fingerprint density at radius 3 is 3.16 bits per heavy atom. The molecule has 1 saturated carbocycles. The topological polar surface area (TPSA) is 64.1 Å². The number of aromatic nitrogens is 2. The minimum absolute atomic E-state index is 0.0289. The van der Waals surface area contributed by atoms with Crippen molar-refractivity contribution in [3.63, 3.8) is 0 Å². The summed E-state index contributed by atoms with van der Waals surface area (Å²) >= 11 is 5.63. The molecule has 0 radical (unpaired) electrons. The van der Waals surface area contributed by atoms with E-state index in [4.69, 9.17) is 16.3 Å². The predicted molar refractivity (Wildman–Crippen MR) is 68.4 cm³/mol. The van der Waals surface area contributed by atoms with E-state index < -0.39 is 5.82 Å². The maximum Gasteiger partial charge on any atom is 0.311 e. The Balaban J connectivity index is 2.09. The molecule has 1 N–H and O–H groups in total. The lowest BCUT2D eigenvalue weighted by molar-refractivity contribution is -0.148. The van der Waals surface area contributed by atoms with E-state index >= 15 is 0 Å². The van der Waals surface area contributed by atoms with Crippen molar-refractivity contribution in [1.29, 1.82) is 0 Å². The van der Waals surface area contributed by atoms with E-state index in [-0.39, 0.29) is 29.0 Å². The average Bonchev–Trinajstić information content (AvgIpc) is 2.82. The highest BCUT2D eigenvalue weighted by Crippen LogP contribution is 2.30. The summed E-state index contributed by atoms with van der Waals surface area (Å²) in [6.07, 6.45) is 3.40. The van der Waals surface area contributed by atoms with Crippen molar-refractivity contribution in [2.24, 2.45) is 5.92 Å². The smallest absolute Gasteiger partial charge is 0.311 e. The Hall–Kier alpha value is -1.43. The van der Waals surface area contributed by atoms with Crippen molar-refractivity contribution in [3.8, 4) is 0 Å². The van der Waals surface area contributed by atoms with Crippen molar-refractivity contribution in [1.82, 2.24) is 9.97 Å². The number of esters is 1. The summed E-state index contributed by atoms with van der Waals surface area (Å²) in [5, 5.41) is 2.90. The van der Waals surface area contributed by atoms with Crippen LogP contribution in [0.1, 0.15) is 26.2 Å². The lowest BCUT2D eigenvalue weighted by Gasteiger charge is -2.20. The fourth-order valence-corrected chi connectivity index (χ4v) is 2.42. The molecule has 1 aromatic heterocycles. The molecule has 7 heteroatoms. The van der Waals surface area contributed by atoms with Crippen molar-refractivity contribution >= 4 is 23.4 Å². The first kappa shape index (κ1) is 14.0. The highest BCUT2D eigenvalue weighted by molar-refractivity contribution is 6.28. The van der Waals surface area contributed by atoms with E-state index in [1.165, 1.54) is 0 Å². The zero-order chi connectivity index (χ0) is 13.8. The minimum Gasteiger partial charge on any atom is -0.466 e. The Morgan fingerprint density at radius 1 is 1.63 bits per heavy atom. The maximum absolute atomic E-state index is 13.5. The molecule has 1 heterocycles. The molecule has 0 aliphatic heterocycles. The third kappa shape index (κ3) is 3.32. The van der Waals surface area contributed by atoms with Gasteiger partial charge in [-0.05, 0) is 31.4 Å². The summed E-state index contributed by atoms with van der Waals surface area (Å²) < 4.78 is 18.6. The molecule has 1 aliphatic rings. The summed E-state index contributed by atoms with van der Waals surface area (Å²) in [7, 11) is 0. The van der Waals surface area contributed by atoms with Crippen molar-refractivity contribution in [2.75, 3.05) is 11.9 Å². The first-order chi connectivity index (χ1) is 9.11. The van der Waals surface area contributed by atoms with Gasteiger partial charge in [0.05, 0.1) is 18.7 Å². The van der Waals surface area contributed by atoms with E-state index in [1.54, 1.807) is 6.92 Å².